The highest BCUT2D eigenvalue weighted by Gasteiger charge is 2.10. The summed E-state index contributed by atoms with van der Waals surface area (Å²) in [5.74, 6) is -0.936. The Morgan fingerprint density at radius 3 is 3.00 bits per heavy atom. The van der Waals surface area contributed by atoms with Crippen molar-refractivity contribution in [2.75, 3.05) is 0 Å². The van der Waals surface area contributed by atoms with Gasteiger partial charge >= 0.3 is 5.97 Å². The maximum atomic E-state index is 10.8. The summed E-state index contributed by atoms with van der Waals surface area (Å²) in [5.41, 5.74) is 1.67. The maximum absolute atomic E-state index is 10.8. The van der Waals surface area contributed by atoms with Gasteiger partial charge in [-0.2, -0.15) is 5.10 Å². The van der Waals surface area contributed by atoms with E-state index in [1.807, 2.05) is 13.0 Å². The van der Waals surface area contributed by atoms with Gasteiger partial charge in [0.2, 0.25) is 0 Å². The molecule has 2 N–H and O–H groups in total. The molecule has 1 aromatic heterocycles. The SMILES string of the molecule is Cc1n[nH]c2c(C(=O)O)cccc12. The van der Waals surface area contributed by atoms with Crippen LogP contribution in [0, 0.1) is 6.92 Å². The first-order valence-corrected chi connectivity index (χ1v) is 3.87. The van der Waals surface area contributed by atoms with Crippen LogP contribution in [-0.4, -0.2) is 21.3 Å². The number of hydrogen-bond donors (Lipinski definition) is 2. The van der Waals surface area contributed by atoms with Crippen molar-refractivity contribution in [3.63, 3.8) is 0 Å². The summed E-state index contributed by atoms with van der Waals surface area (Å²) in [4.78, 5) is 10.8. The summed E-state index contributed by atoms with van der Waals surface area (Å²) in [6.07, 6.45) is 0. The van der Waals surface area contributed by atoms with Crippen molar-refractivity contribution in [3.05, 3.63) is 29.5 Å². The van der Waals surface area contributed by atoms with Crippen molar-refractivity contribution >= 4 is 16.9 Å². The Hall–Kier alpha value is -1.84. The van der Waals surface area contributed by atoms with Crippen molar-refractivity contribution in [2.45, 2.75) is 6.92 Å². The number of aromatic carboxylic acids is 1. The third-order valence-electron chi connectivity index (χ3n) is 2.02. The van der Waals surface area contributed by atoms with Crippen LogP contribution in [0.2, 0.25) is 0 Å². The summed E-state index contributed by atoms with van der Waals surface area (Å²) in [6, 6.07) is 5.12. The number of carboxylic acid groups (broad SMARTS) is 1. The van der Waals surface area contributed by atoms with Crippen LogP contribution >= 0.6 is 0 Å². The minimum absolute atomic E-state index is 0.262. The van der Waals surface area contributed by atoms with E-state index < -0.39 is 5.97 Å². The Kier molecular flexibility index (Phi) is 1.55. The van der Waals surface area contributed by atoms with E-state index in [-0.39, 0.29) is 5.56 Å². The number of rotatable bonds is 1. The molecule has 0 spiro atoms. The van der Waals surface area contributed by atoms with Crippen LogP contribution in [0.4, 0.5) is 0 Å². The molecule has 4 heteroatoms. The Morgan fingerprint density at radius 1 is 1.54 bits per heavy atom. The summed E-state index contributed by atoms with van der Waals surface area (Å²) in [5, 5.41) is 16.4. The largest absolute Gasteiger partial charge is 0.478 e. The van der Waals surface area contributed by atoms with E-state index in [1.165, 1.54) is 0 Å². The highest BCUT2D eigenvalue weighted by Crippen LogP contribution is 2.18. The minimum Gasteiger partial charge on any atom is -0.478 e. The van der Waals surface area contributed by atoms with Crippen molar-refractivity contribution in [2.24, 2.45) is 0 Å². The van der Waals surface area contributed by atoms with Crippen LogP contribution in [0.1, 0.15) is 16.1 Å². The topological polar surface area (TPSA) is 66.0 Å². The van der Waals surface area contributed by atoms with Crippen LogP contribution in [0.5, 0.6) is 0 Å². The molecular weight excluding hydrogens is 168 g/mol. The van der Waals surface area contributed by atoms with Gasteiger partial charge in [0.25, 0.3) is 0 Å². The van der Waals surface area contributed by atoms with E-state index >= 15 is 0 Å². The van der Waals surface area contributed by atoms with Crippen LogP contribution in [-0.2, 0) is 0 Å². The van der Waals surface area contributed by atoms with Crippen LogP contribution in [0.15, 0.2) is 18.2 Å². The van der Waals surface area contributed by atoms with Gasteiger partial charge < -0.3 is 5.11 Å². The zero-order valence-corrected chi connectivity index (χ0v) is 7.03. The molecule has 13 heavy (non-hydrogen) atoms. The van der Waals surface area contributed by atoms with Gasteiger partial charge in [-0.1, -0.05) is 12.1 Å². The molecule has 4 nitrogen and oxygen atoms in total. The van der Waals surface area contributed by atoms with Crippen molar-refractivity contribution in [1.29, 1.82) is 0 Å². The number of hydrogen-bond acceptors (Lipinski definition) is 2. The van der Waals surface area contributed by atoms with Crippen LogP contribution in [0.3, 0.4) is 0 Å². The van der Waals surface area contributed by atoms with Crippen molar-refractivity contribution in [3.8, 4) is 0 Å². The summed E-state index contributed by atoms with van der Waals surface area (Å²) >= 11 is 0. The fourth-order valence-electron chi connectivity index (χ4n) is 1.35. The molecule has 0 fully saturated rings. The predicted octanol–water partition coefficient (Wildman–Crippen LogP) is 1.57. The quantitative estimate of drug-likeness (QED) is 0.693. The molecule has 0 saturated carbocycles. The summed E-state index contributed by atoms with van der Waals surface area (Å²) < 4.78 is 0. The Bertz CT molecular complexity index is 473. The second-order valence-corrected chi connectivity index (χ2v) is 2.84. The molecule has 0 atom stereocenters. The lowest BCUT2D eigenvalue weighted by Crippen LogP contribution is -1.96. The molecule has 0 bridgehead atoms. The molecule has 0 aliphatic rings. The number of fused-ring (bicyclic) bond motifs is 1. The smallest absolute Gasteiger partial charge is 0.337 e. The lowest BCUT2D eigenvalue weighted by atomic mass is 10.1. The van der Waals surface area contributed by atoms with Crippen molar-refractivity contribution < 1.29 is 9.90 Å². The van der Waals surface area contributed by atoms with Crippen LogP contribution < -0.4 is 0 Å². The fraction of sp³-hybridized carbons (Fsp3) is 0.111. The first-order chi connectivity index (χ1) is 6.20. The lowest BCUT2D eigenvalue weighted by Gasteiger charge is -1.94. The number of nitrogens with one attached hydrogen (secondary N) is 1. The molecule has 0 radical (unpaired) electrons. The highest BCUT2D eigenvalue weighted by molar-refractivity contribution is 6.02. The normalized spacial score (nSPS) is 10.5. The molecular formula is C9H8N2O2. The lowest BCUT2D eigenvalue weighted by molar-refractivity contribution is 0.0699. The van der Waals surface area contributed by atoms with Gasteiger partial charge in [0.15, 0.2) is 0 Å². The van der Waals surface area contributed by atoms with Gasteiger partial charge in [-0.05, 0) is 13.0 Å². The van der Waals surface area contributed by atoms with E-state index in [4.69, 9.17) is 5.11 Å². The molecule has 0 aliphatic carbocycles. The van der Waals surface area contributed by atoms with E-state index in [0.29, 0.717) is 5.52 Å². The average Bonchev–Trinajstić information content (AvgIpc) is 2.48. The Balaban J connectivity index is 2.84. The molecule has 66 valence electrons. The third kappa shape index (κ3) is 1.07. The summed E-state index contributed by atoms with van der Waals surface area (Å²) in [6.45, 7) is 1.84. The Labute approximate surface area is 74.2 Å². The minimum atomic E-state index is -0.936. The molecule has 0 aliphatic heterocycles. The zero-order valence-electron chi connectivity index (χ0n) is 7.03. The number of carbonyl (C=O) groups is 1. The number of aromatic nitrogens is 2. The number of carboxylic acids is 1. The number of para-hydroxylation sites is 1. The first kappa shape index (κ1) is 7.79. The number of benzene rings is 1. The molecule has 1 heterocycles. The first-order valence-electron chi connectivity index (χ1n) is 3.87. The maximum Gasteiger partial charge on any atom is 0.337 e. The number of H-pyrrole nitrogens is 1. The number of aryl methyl sites for hydroxylation is 1. The molecule has 2 aromatic rings. The average molecular weight is 176 g/mol. The van der Waals surface area contributed by atoms with Gasteiger partial charge in [-0.15, -0.1) is 0 Å². The highest BCUT2D eigenvalue weighted by atomic mass is 16.4. The second kappa shape index (κ2) is 2.58. The van der Waals surface area contributed by atoms with Gasteiger partial charge in [-0.3, -0.25) is 5.10 Å². The molecule has 0 unspecified atom stereocenters. The van der Waals surface area contributed by atoms with Crippen molar-refractivity contribution in [1.82, 2.24) is 10.2 Å². The van der Waals surface area contributed by atoms with E-state index in [0.717, 1.165) is 11.1 Å². The van der Waals surface area contributed by atoms with Gasteiger partial charge in [0.05, 0.1) is 16.8 Å². The standard InChI is InChI=1S/C9H8N2O2/c1-5-6-3-2-4-7(9(12)13)8(6)11-10-5/h2-4H,1H3,(H,10,11)(H,12,13). The second-order valence-electron chi connectivity index (χ2n) is 2.84. The van der Waals surface area contributed by atoms with Gasteiger partial charge in [0, 0.05) is 5.39 Å². The Morgan fingerprint density at radius 2 is 2.31 bits per heavy atom. The van der Waals surface area contributed by atoms with E-state index in [1.54, 1.807) is 12.1 Å². The number of nitrogens with zero attached hydrogens (tertiary/aromatic N) is 1. The van der Waals surface area contributed by atoms with E-state index in [2.05, 4.69) is 10.2 Å². The van der Waals surface area contributed by atoms with Gasteiger partial charge in [-0.25, -0.2) is 4.79 Å². The summed E-state index contributed by atoms with van der Waals surface area (Å²) in [7, 11) is 0. The van der Waals surface area contributed by atoms with Crippen LogP contribution in [0.25, 0.3) is 10.9 Å². The number of aromatic amines is 1. The fourth-order valence-corrected chi connectivity index (χ4v) is 1.35. The molecule has 2 rings (SSSR count). The molecule has 0 saturated heterocycles. The zero-order chi connectivity index (χ0) is 9.42. The third-order valence-corrected chi connectivity index (χ3v) is 2.02. The van der Waals surface area contributed by atoms with Gasteiger partial charge in [0.1, 0.15) is 0 Å². The molecule has 0 amide bonds. The predicted molar refractivity (Wildman–Crippen MR) is 47.8 cm³/mol. The monoisotopic (exact) mass is 176 g/mol. The van der Waals surface area contributed by atoms with E-state index in [9.17, 15) is 4.79 Å². The molecule has 1 aromatic carbocycles.